The predicted molar refractivity (Wildman–Crippen MR) is 101 cm³/mol. The molecule has 0 N–H and O–H groups in total. The molecule has 27 heavy (non-hydrogen) atoms. The molecular formula is C20H27NO5S. The molecule has 2 fully saturated rings. The number of hydrogen-bond donors (Lipinski definition) is 0. The molecule has 0 aromatic carbocycles. The quantitative estimate of drug-likeness (QED) is 0.684. The molecule has 3 rings (SSSR count). The van der Waals surface area contributed by atoms with Crippen LogP contribution < -0.4 is 0 Å². The van der Waals surface area contributed by atoms with E-state index in [1.807, 2.05) is 6.92 Å². The zero-order valence-electron chi connectivity index (χ0n) is 16.6. The lowest BCUT2D eigenvalue weighted by molar-refractivity contribution is -0.147. The second-order valence-electron chi connectivity index (χ2n) is 8.36. The molecule has 0 aromatic heterocycles. The maximum Gasteiger partial charge on any atom is 0.242 e. The lowest BCUT2D eigenvalue weighted by Gasteiger charge is -2.55. The second-order valence-corrected chi connectivity index (χ2v) is 10.4. The first-order valence-electron chi connectivity index (χ1n) is 9.38. The van der Waals surface area contributed by atoms with Crippen molar-refractivity contribution in [3.8, 4) is 0 Å². The Balaban J connectivity index is 2.03. The van der Waals surface area contributed by atoms with Crippen LogP contribution in [0.4, 0.5) is 0 Å². The lowest BCUT2D eigenvalue weighted by atomic mass is 9.48. The van der Waals surface area contributed by atoms with Gasteiger partial charge in [-0.2, -0.15) is 0 Å². The van der Waals surface area contributed by atoms with Crippen molar-refractivity contribution in [1.82, 2.24) is 4.31 Å². The van der Waals surface area contributed by atoms with Gasteiger partial charge in [0.05, 0.1) is 4.91 Å². The number of nitrogens with zero attached hydrogens (tertiary/aromatic N) is 1. The van der Waals surface area contributed by atoms with Gasteiger partial charge < -0.3 is 0 Å². The van der Waals surface area contributed by atoms with Crippen molar-refractivity contribution in [2.24, 2.45) is 17.3 Å². The minimum absolute atomic E-state index is 0.159. The fourth-order valence-electron chi connectivity index (χ4n) is 5.38. The summed E-state index contributed by atoms with van der Waals surface area (Å²) in [4.78, 5) is 37.6. The number of carbonyl (C=O) groups is 3. The summed E-state index contributed by atoms with van der Waals surface area (Å²) in [6.45, 7) is 5.29. The molecule has 0 radical (unpaired) electrons. The zero-order chi connectivity index (χ0) is 20.3. The number of Topliss-reactive ketones (excluding diaryl/α,β-unsaturated/α-hetero) is 3. The van der Waals surface area contributed by atoms with E-state index in [0.29, 0.717) is 23.3 Å². The van der Waals surface area contributed by atoms with Gasteiger partial charge in [-0.25, -0.2) is 12.7 Å². The highest BCUT2D eigenvalue weighted by atomic mass is 32.2. The summed E-state index contributed by atoms with van der Waals surface area (Å²) in [6.07, 6.45) is 1.83. The number of hydrogen-bond acceptors (Lipinski definition) is 5. The molecule has 1 atom stereocenters. The van der Waals surface area contributed by atoms with E-state index in [1.165, 1.54) is 18.4 Å². The van der Waals surface area contributed by atoms with Crippen LogP contribution in [-0.2, 0) is 24.4 Å². The fraction of sp³-hybridized carbons (Fsp3) is 0.650. The molecule has 3 aliphatic carbocycles. The molecule has 0 heterocycles. The summed E-state index contributed by atoms with van der Waals surface area (Å²) in [7, 11) is -0.591. The van der Waals surface area contributed by atoms with Gasteiger partial charge in [0.2, 0.25) is 10.0 Å². The summed E-state index contributed by atoms with van der Waals surface area (Å²) in [5.41, 5.74) is 1.86. The van der Waals surface area contributed by atoms with E-state index in [9.17, 15) is 22.8 Å². The lowest BCUT2D eigenvalue weighted by Crippen LogP contribution is -2.52. The summed E-state index contributed by atoms with van der Waals surface area (Å²) < 4.78 is 26.8. The van der Waals surface area contributed by atoms with Gasteiger partial charge in [-0.05, 0) is 38.2 Å². The number of fused-ring (bicyclic) bond motifs is 2. The van der Waals surface area contributed by atoms with Crippen molar-refractivity contribution in [2.75, 3.05) is 14.1 Å². The van der Waals surface area contributed by atoms with Crippen molar-refractivity contribution in [2.45, 2.75) is 52.9 Å². The second kappa shape index (κ2) is 6.48. The van der Waals surface area contributed by atoms with Crippen molar-refractivity contribution in [1.29, 1.82) is 0 Å². The molecule has 1 spiro atoms. The Hall–Kier alpha value is -1.60. The molecular weight excluding hydrogens is 366 g/mol. The number of sulfonamides is 1. The highest BCUT2D eigenvalue weighted by Crippen LogP contribution is 2.63. The first kappa shape index (κ1) is 20.1. The van der Waals surface area contributed by atoms with E-state index in [2.05, 4.69) is 0 Å². The number of ketones is 3. The standard InChI is InChI=1S/C20H27NO5S/c1-6-14(22)17-15(23)9-20(10-16(17)24)8-13-7-11(2)19(12(3)18(13)20)27(25,26)21(4)5/h13,17H,6-10H2,1-5H3. The van der Waals surface area contributed by atoms with Gasteiger partial charge in [0.25, 0.3) is 0 Å². The molecule has 7 heteroatoms. The molecule has 6 nitrogen and oxygen atoms in total. The average Bonchev–Trinajstić information content (AvgIpc) is 2.51. The molecule has 0 aromatic rings. The van der Waals surface area contributed by atoms with Crippen molar-refractivity contribution in [3.63, 3.8) is 0 Å². The van der Waals surface area contributed by atoms with Crippen molar-refractivity contribution in [3.05, 3.63) is 21.6 Å². The SMILES string of the molecule is CCC(=O)C1C(=O)CC2(CC1=O)CC1CC(C)=C(S(=O)(=O)N(C)C)C(C)=C12. The van der Waals surface area contributed by atoms with Crippen LogP contribution in [0, 0.1) is 17.3 Å². The van der Waals surface area contributed by atoms with Crippen LogP contribution in [0.25, 0.3) is 0 Å². The smallest absolute Gasteiger partial charge is 0.242 e. The van der Waals surface area contributed by atoms with Gasteiger partial charge in [0.15, 0.2) is 17.3 Å². The van der Waals surface area contributed by atoms with E-state index in [1.54, 1.807) is 13.8 Å². The maximum atomic E-state index is 12.8. The molecule has 3 aliphatic rings. The Bertz CT molecular complexity index is 889. The molecule has 148 valence electrons. The summed E-state index contributed by atoms with van der Waals surface area (Å²) in [6, 6.07) is 0. The Morgan fingerprint density at radius 2 is 1.70 bits per heavy atom. The largest absolute Gasteiger partial charge is 0.298 e. The van der Waals surface area contributed by atoms with Crippen LogP contribution in [0.2, 0.25) is 0 Å². The Morgan fingerprint density at radius 3 is 2.19 bits per heavy atom. The van der Waals surface area contributed by atoms with E-state index < -0.39 is 21.4 Å². The Morgan fingerprint density at radius 1 is 1.15 bits per heavy atom. The van der Waals surface area contributed by atoms with Gasteiger partial charge in [-0.3, -0.25) is 14.4 Å². The highest BCUT2D eigenvalue weighted by Gasteiger charge is 2.58. The topological polar surface area (TPSA) is 88.6 Å². The molecule has 0 bridgehead atoms. The third kappa shape index (κ3) is 2.86. The molecule has 1 unspecified atom stereocenters. The summed E-state index contributed by atoms with van der Waals surface area (Å²) in [5.74, 6) is -1.85. The van der Waals surface area contributed by atoms with Crippen molar-refractivity contribution >= 4 is 27.4 Å². The summed E-state index contributed by atoms with van der Waals surface area (Å²) >= 11 is 0. The van der Waals surface area contributed by atoms with E-state index in [4.69, 9.17) is 0 Å². The van der Waals surface area contributed by atoms with Gasteiger partial charge in [-0.15, -0.1) is 0 Å². The molecule has 0 saturated heterocycles. The highest BCUT2D eigenvalue weighted by molar-refractivity contribution is 7.93. The van der Waals surface area contributed by atoms with Crippen LogP contribution >= 0.6 is 0 Å². The van der Waals surface area contributed by atoms with Gasteiger partial charge in [0, 0.05) is 38.8 Å². The van der Waals surface area contributed by atoms with E-state index in [-0.39, 0.29) is 42.5 Å². The fourth-order valence-corrected chi connectivity index (χ4v) is 6.76. The number of allylic oxidation sites excluding steroid dienone is 3. The summed E-state index contributed by atoms with van der Waals surface area (Å²) in [5, 5.41) is 0. The first-order valence-corrected chi connectivity index (χ1v) is 10.8. The van der Waals surface area contributed by atoms with Crippen molar-refractivity contribution < 1.29 is 22.8 Å². The van der Waals surface area contributed by atoms with E-state index >= 15 is 0 Å². The Labute approximate surface area is 160 Å². The third-order valence-corrected chi connectivity index (χ3v) is 8.51. The van der Waals surface area contributed by atoms with Gasteiger partial charge in [0.1, 0.15) is 5.92 Å². The average molecular weight is 394 g/mol. The zero-order valence-corrected chi connectivity index (χ0v) is 17.4. The number of rotatable bonds is 4. The molecule has 2 saturated carbocycles. The Kier molecular flexibility index (Phi) is 4.84. The molecule has 0 aliphatic heterocycles. The van der Waals surface area contributed by atoms with Crippen LogP contribution in [0.15, 0.2) is 21.6 Å². The normalized spacial score (nSPS) is 31.5. The van der Waals surface area contributed by atoms with E-state index in [0.717, 1.165) is 11.1 Å². The van der Waals surface area contributed by atoms with Crippen LogP contribution in [0.1, 0.15) is 52.9 Å². The van der Waals surface area contributed by atoms with Crippen LogP contribution in [0.5, 0.6) is 0 Å². The first-order chi connectivity index (χ1) is 12.5. The maximum absolute atomic E-state index is 12.8. The third-order valence-electron chi connectivity index (χ3n) is 6.38. The van der Waals surface area contributed by atoms with Gasteiger partial charge in [-0.1, -0.05) is 18.1 Å². The van der Waals surface area contributed by atoms with Crippen LogP contribution in [0.3, 0.4) is 0 Å². The van der Waals surface area contributed by atoms with Gasteiger partial charge >= 0.3 is 0 Å². The predicted octanol–water partition coefficient (Wildman–Crippen LogP) is 2.41. The monoisotopic (exact) mass is 393 g/mol. The minimum Gasteiger partial charge on any atom is -0.298 e. The molecule has 0 amide bonds. The number of carbonyl (C=O) groups excluding carboxylic acids is 3. The minimum atomic E-state index is -3.60. The van der Waals surface area contributed by atoms with Crippen LogP contribution in [-0.4, -0.2) is 44.2 Å².